The van der Waals surface area contributed by atoms with E-state index in [0.717, 1.165) is 50.6 Å². The van der Waals surface area contributed by atoms with Crippen molar-refractivity contribution >= 4 is 16.7 Å². The van der Waals surface area contributed by atoms with Crippen molar-refractivity contribution in [3.8, 4) is 5.75 Å². The van der Waals surface area contributed by atoms with Crippen LogP contribution in [0.4, 0.5) is 0 Å². The van der Waals surface area contributed by atoms with Crippen LogP contribution in [-0.2, 0) is 11.3 Å². The molecular formula is C28H39NO3. The summed E-state index contributed by atoms with van der Waals surface area (Å²) in [7, 11) is 0. The Morgan fingerprint density at radius 1 is 1.03 bits per heavy atom. The summed E-state index contributed by atoms with van der Waals surface area (Å²) in [6.07, 6.45) is 5.89. The molecular weight excluding hydrogens is 398 g/mol. The van der Waals surface area contributed by atoms with Crippen LogP contribution in [0.25, 0.3) is 10.8 Å². The van der Waals surface area contributed by atoms with Gasteiger partial charge in [-0.1, -0.05) is 45.9 Å². The Bertz CT molecular complexity index is 939. The van der Waals surface area contributed by atoms with Crippen molar-refractivity contribution in [3.63, 3.8) is 0 Å². The highest BCUT2D eigenvalue weighted by molar-refractivity contribution is 5.84. The molecule has 0 amide bonds. The van der Waals surface area contributed by atoms with E-state index in [0.29, 0.717) is 11.5 Å². The number of benzene rings is 2. The molecule has 1 aliphatic heterocycles. The Labute approximate surface area is 192 Å². The maximum absolute atomic E-state index is 11.4. The lowest BCUT2D eigenvalue weighted by Gasteiger charge is -2.37. The first-order valence-electron chi connectivity index (χ1n) is 12.3. The zero-order chi connectivity index (χ0) is 22.9. The zero-order valence-corrected chi connectivity index (χ0v) is 20.1. The fraction of sp³-hybridized carbons (Fsp3) is 0.607. The van der Waals surface area contributed by atoms with Crippen molar-refractivity contribution in [1.82, 2.24) is 4.90 Å². The second-order valence-corrected chi connectivity index (χ2v) is 11.2. The van der Waals surface area contributed by atoms with Crippen LogP contribution in [-0.4, -0.2) is 35.2 Å². The average molecular weight is 438 g/mol. The lowest BCUT2D eigenvalue weighted by molar-refractivity contribution is -0.145. The Balaban J connectivity index is 1.35. The molecule has 0 spiro atoms. The molecule has 1 saturated carbocycles. The molecule has 1 heterocycles. The third-order valence-corrected chi connectivity index (χ3v) is 7.79. The number of fused-ring (bicyclic) bond motifs is 1. The number of likely N-dealkylation sites (tertiary alicyclic amines) is 1. The first kappa shape index (κ1) is 23.1. The van der Waals surface area contributed by atoms with Gasteiger partial charge in [0.25, 0.3) is 0 Å². The molecule has 0 bridgehead atoms. The Morgan fingerprint density at radius 3 is 2.38 bits per heavy atom. The first-order chi connectivity index (χ1) is 15.2. The lowest BCUT2D eigenvalue weighted by atomic mass is 9.72. The molecule has 0 radical (unpaired) electrons. The van der Waals surface area contributed by atoms with Crippen molar-refractivity contribution in [2.45, 2.75) is 72.4 Å². The molecule has 2 aliphatic rings. The molecule has 1 N–H and O–H groups in total. The maximum atomic E-state index is 11.4. The highest BCUT2D eigenvalue weighted by Gasteiger charge is 2.31. The molecule has 4 heteroatoms. The summed E-state index contributed by atoms with van der Waals surface area (Å²) in [5.41, 5.74) is 1.68. The minimum Gasteiger partial charge on any atom is -0.490 e. The highest BCUT2D eigenvalue weighted by atomic mass is 16.5. The van der Waals surface area contributed by atoms with E-state index in [9.17, 15) is 9.90 Å². The summed E-state index contributed by atoms with van der Waals surface area (Å²) in [5, 5.41) is 11.8. The predicted octanol–water partition coefficient (Wildman–Crippen LogP) is 6.37. The largest absolute Gasteiger partial charge is 0.490 e. The van der Waals surface area contributed by atoms with Gasteiger partial charge in [-0.25, -0.2) is 0 Å². The standard InChI is InChI=1S/C28H39NO3/c1-19-17-29(14-13-26(19)27(30)31)18-20-5-6-22-16-25(10-7-21(22)15-20)32-24-11-8-23(9-12-24)28(2,3)4/h5-7,10,15-16,19,23-24,26H,8-9,11-14,17-18H2,1-4H3,(H,30,31). The summed E-state index contributed by atoms with van der Waals surface area (Å²) in [4.78, 5) is 13.7. The SMILES string of the molecule is CC1CN(Cc2ccc3cc(OC4CCC(C(C)(C)C)CC4)ccc3c2)CCC1C(=O)O. The molecule has 2 fully saturated rings. The molecule has 1 saturated heterocycles. The zero-order valence-electron chi connectivity index (χ0n) is 20.1. The molecule has 2 aromatic carbocycles. The number of carbonyl (C=O) groups is 1. The summed E-state index contributed by atoms with van der Waals surface area (Å²) < 4.78 is 6.36. The molecule has 0 aromatic heterocycles. The van der Waals surface area contributed by atoms with Crippen LogP contribution < -0.4 is 4.74 Å². The van der Waals surface area contributed by atoms with Crippen molar-refractivity contribution in [2.75, 3.05) is 13.1 Å². The Hall–Kier alpha value is -2.07. The van der Waals surface area contributed by atoms with E-state index in [-0.39, 0.29) is 11.8 Å². The lowest BCUT2D eigenvalue weighted by Crippen LogP contribution is -2.41. The Kier molecular flexibility index (Phi) is 6.80. The summed E-state index contributed by atoms with van der Waals surface area (Å²) in [6, 6.07) is 13.1. The fourth-order valence-electron chi connectivity index (χ4n) is 5.68. The topological polar surface area (TPSA) is 49.8 Å². The quantitative estimate of drug-likeness (QED) is 0.591. The summed E-state index contributed by atoms with van der Waals surface area (Å²) in [6.45, 7) is 11.7. The summed E-state index contributed by atoms with van der Waals surface area (Å²) >= 11 is 0. The molecule has 4 rings (SSSR count). The number of ether oxygens (including phenoxy) is 1. The number of rotatable bonds is 5. The molecule has 2 unspecified atom stereocenters. The van der Waals surface area contributed by atoms with Crippen LogP contribution in [0.15, 0.2) is 36.4 Å². The molecule has 4 nitrogen and oxygen atoms in total. The van der Waals surface area contributed by atoms with Gasteiger partial charge in [0.1, 0.15) is 5.75 Å². The van der Waals surface area contributed by atoms with Crippen LogP contribution in [0.2, 0.25) is 0 Å². The van der Waals surface area contributed by atoms with Crippen molar-refractivity contribution < 1.29 is 14.6 Å². The molecule has 32 heavy (non-hydrogen) atoms. The van der Waals surface area contributed by atoms with Gasteiger partial charge >= 0.3 is 5.97 Å². The fourth-order valence-corrected chi connectivity index (χ4v) is 5.68. The van der Waals surface area contributed by atoms with E-state index in [1.807, 2.05) is 0 Å². The predicted molar refractivity (Wildman–Crippen MR) is 130 cm³/mol. The monoisotopic (exact) mass is 437 g/mol. The molecule has 2 atom stereocenters. The van der Waals surface area contributed by atoms with Crippen molar-refractivity contribution in [2.24, 2.45) is 23.2 Å². The smallest absolute Gasteiger partial charge is 0.306 e. The van der Waals surface area contributed by atoms with Crippen molar-refractivity contribution in [3.05, 3.63) is 42.0 Å². The van der Waals surface area contributed by atoms with Gasteiger partial charge in [0.15, 0.2) is 0 Å². The van der Waals surface area contributed by atoms with E-state index in [2.05, 4.69) is 69.0 Å². The second-order valence-electron chi connectivity index (χ2n) is 11.2. The number of hydrogen-bond acceptors (Lipinski definition) is 3. The third kappa shape index (κ3) is 5.46. The normalized spacial score (nSPS) is 27.4. The number of piperidine rings is 1. The number of hydrogen-bond donors (Lipinski definition) is 1. The van der Waals surface area contributed by atoms with Gasteiger partial charge in [0, 0.05) is 13.1 Å². The average Bonchev–Trinajstić information content (AvgIpc) is 2.73. The van der Waals surface area contributed by atoms with Gasteiger partial charge in [0.05, 0.1) is 12.0 Å². The second kappa shape index (κ2) is 9.43. The van der Waals surface area contributed by atoms with Gasteiger partial charge in [-0.15, -0.1) is 0 Å². The Morgan fingerprint density at radius 2 is 1.72 bits per heavy atom. The van der Waals surface area contributed by atoms with Crippen LogP contribution in [0, 0.1) is 23.2 Å². The van der Waals surface area contributed by atoms with Gasteiger partial charge in [0.2, 0.25) is 0 Å². The van der Waals surface area contributed by atoms with Gasteiger partial charge in [-0.05, 0) is 90.4 Å². The first-order valence-corrected chi connectivity index (χ1v) is 12.3. The van der Waals surface area contributed by atoms with E-state index in [1.54, 1.807) is 0 Å². The van der Waals surface area contributed by atoms with Crippen LogP contribution >= 0.6 is 0 Å². The minimum absolute atomic E-state index is 0.194. The van der Waals surface area contributed by atoms with Gasteiger partial charge in [-0.2, -0.15) is 0 Å². The summed E-state index contributed by atoms with van der Waals surface area (Å²) in [5.74, 6) is 1.12. The number of carboxylic acid groups (broad SMARTS) is 1. The highest BCUT2D eigenvalue weighted by Crippen LogP contribution is 2.39. The molecule has 1 aliphatic carbocycles. The van der Waals surface area contributed by atoms with Crippen LogP contribution in [0.5, 0.6) is 5.75 Å². The molecule has 2 aromatic rings. The maximum Gasteiger partial charge on any atom is 0.306 e. The van der Waals surface area contributed by atoms with Crippen LogP contribution in [0.1, 0.15) is 65.4 Å². The number of nitrogens with zero attached hydrogens (tertiary/aromatic N) is 1. The number of carboxylic acids is 1. The van der Waals surface area contributed by atoms with Crippen LogP contribution in [0.3, 0.4) is 0 Å². The minimum atomic E-state index is -0.650. The molecule has 174 valence electrons. The third-order valence-electron chi connectivity index (χ3n) is 7.79. The van der Waals surface area contributed by atoms with E-state index in [4.69, 9.17) is 4.74 Å². The van der Waals surface area contributed by atoms with E-state index < -0.39 is 5.97 Å². The van der Waals surface area contributed by atoms with Crippen molar-refractivity contribution in [1.29, 1.82) is 0 Å². The van der Waals surface area contributed by atoms with E-state index in [1.165, 1.54) is 29.2 Å². The van der Waals surface area contributed by atoms with Gasteiger partial charge in [-0.3, -0.25) is 9.69 Å². The number of aliphatic carboxylic acids is 1. The van der Waals surface area contributed by atoms with E-state index >= 15 is 0 Å². The van der Waals surface area contributed by atoms with Gasteiger partial charge < -0.3 is 9.84 Å².